The van der Waals surface area contributed by atoms with Gasteiger partial charge >= 0.3 is 0 Å². The van der Waals surface area contributed by atoms with Crippen LogP contribution in [-0.2, 0) is 0 Å². The van der Waals surface area contributed by atoms with Crippen molar-refractivity contribution in [3.8, 4) is 0 Å². The Bertz CT molecular complexity index is 816. The summed E-state index contributed by atoms with van der Waals surface area (Å²) < 4.78 is 18.5. The summed E-state index contributed by atoms with van der Waals surface area (Å²) in [6.07, 6.45) is 0. The number of nitrogens with zero attached hydrogens (tertiary/aromatic N) is 1. The van der Waals surface area contributed by atoms with E-state index in [1.165, 1.54) is 24.3 Å². The van der Waals surface area contributed by atoms with Gasteiger partial charge in [0.2, 0.25) is 0 Å². The molecular weight excluding hydrogens is 277 g/mol. The number of hydroxylamine groups is 1. The van der Waals surface area contributed by atoms with Crippen LogP contribution in [0.15, 0.2) is 46.9 Å². The third-order valence-corrected chi connectivity index (χ3v) is 2.83. The van der Waals surface area contributed by atoms with Crippen molar-refractivity contribution >= 4 is 28.7 Å². The van der Waals surface area contributed by atoms with Crippen LogP contribution in [-0.4, -0.2) is 16.1 Å². The molecule has 1 heterocycles. The zero-order valence-electron chi connectivity index (χ0n) is 10.6. The molecule has 3 aromatic rings. The molecule has 3 rings (SSSR count). The number of carbonyl (C=O) groups is 1. The summed E-state index contributed by atoms with van der Waals surface area (Å²) in [5.74, 6) is -1.02. The van der Waals surface area contributed by atoms with Crippen LogP contribution in [0.5, 0.6) is 0 Å². The largest absolute Gasteiger partial charge is 0.423 e. The van der Waals surface area contributed by atoms with Gasteiger partial charge in [-0.2, -0.15) is 4.98 Å². The molecule has 0 aliphatic rings. The minimum Gasteiger partial charge on any atom is -0.423 e. The number of nitrogens with one attached hydrogen (secondary N) is 2. The second-order valence-electron chi connectivity index (χ2n) is 4.28. The van der Waals surface area contributed by atoms with Gasteiger partial charge in [-0.1, -0.05) is 6.07 Å². The van der Waals surface area contributed by atoms with Gasteiger partial charge in [0.1, 0.15) is 11.3 Å². The van der Waals surface area contributed by atoms with Gasteiger partial charge in [0, 0.05) is 11.3 Å². The maximum absolute atomic E-state index is 13.1. The van der Waals surface area contributed by atoms with Gasteiger partial charge in [-0.05, 0) is 36.4 Å². The third kappa shape index (κ3) is 2.67. The van der Waals surface area contributed by atoms with Gasteiger partial charge in [-0.25, -0.2) is 9.87 Å². The maximum Gasteiger partial charge on any atom is 0.300 e. The lowest BCUT2D eigenvalue weighted by atomic mass is 10.2. The molecule has 1 aromatic heterocycles. The Kier molecular flexibility index (Phi) is 3.25. The summed E-state index contributed by atoms with van der Waals surface area (Å²) in [6, 6.07) is 10.6. The van der Waals surface area contributed by atoms with E-state index in [1.807, 2.05) is 0 Å². The van der Waals surface area contributed by atoms with E-state index < -0.39 is 5.91 Å². The number of halogens is 1. The number of benzene rings is 2. The molecule has 7 heteroatoms. The maximum atomic E-state index is 13.1. The van der Waals surface area contributed by atoms with Crippen molar-refractivity contribution in [3.05, 3.63) is 53.8 Å². The minimum absolute atomic E-state index is 0.178. The van der Waals surface area contributed by atoms with Crippen molar-refractivity contribution in [2.24, 2.45) is 0 Å². The number of carbonyl (C=O) groups excluding carboxylic acids is 1. The van der Waals surface area contributed by atoms with Crippen LogP contribution < -0.4 is 10.8 Å². The number of aromatic nitrogens is 1. The van der Waals surface area contributed by atoms with Gasteiger partial charge < -0.3 is 9.73 Å². The molecule has 21 heavy (non-hydrogen) atoms. The number of fused-ring (bicyclic) bond motifs is 1. The Morgan fingerprint density at radius 3 is 2.86 bits per heavy atom. The quantitative estimate of drug-likeness (QED) is 0.509. The number of rotatable bonds is 3. The zero-order chi connectivity index (χ0) is 14.8. The van der Waals surface area contributed by atoms with E-state index in [9.17, 15) is 9.18 Å². The highest BCUT2D eigenvalue weighted by atomic mass is 19.1. The van der Waals surface area contributed by atoms with Crippen LogP contribution in [0.4, 0.5) is 16.1 Å². The highest BCUT2D eigenvalue weighted by Crippen LogP contribution is 2.23. The summed E-state index contributed by atoms with van der Waals surface area (Å²) in [5, 5.41) is 11.4. The molecule has 3 N–H and O–H groups in total. The molecule has 6 nitrogen and oxygen atoms in total. The molecule has 0 saturated heterocycles. The van der Waals surface area contributed by atoms with Gasteiger partial charge in [0.15, 0.2) is 5.58 Å². The van der Waals surface area contributed by atoms with Crippen LogP contribution in [0.3, 0.4) is 0 Å². The lowest BCUT2D eigenvalue weighted by Gasteiger charge is -2.00. The molecule has 0 saturated carbocycles. The Morgan fingerprint density at radius 2 is 2.10 bits per heavy atom. The van der Waals surface area contributed by atoms with Crippen molar-refractivity contribution in [1.29, 1.82) is 0 Å². The van der Waals surface area contributed by atoms with Crippen LogP contribution in [0.25, 0.3) is 11.1 Å². The first kappa shape index (κ1) is 13.1. The first-order chi connectivity index (χ1) is 10.2. The molecule has 0 radical (unpaired) electrons. The molecule has 0 unspecified atom stereocenters. The van der Waals surface area contributed by atoms with E-state index in [2.05, 4.69) is 10.3 Å². The monoisotopic (exact) mass is 287 g/mol. The minimum atomic E-state index is -0.639. The number of hydrogen-bond donors (Lipinski definition) is 3. The molecule has 0 spiro atoms. The molecule has 0 atom stereocenters. The second kappa shape index (κ2) is 5.22. The van der Waals surface area contributed by atoms with Crippen molar-refractivity contribution < 1.29 is 18.8 Å². The topological polar surface area (TPSA) is 87.4 Å². The lowest BCUT2D eigenvalue weighted by Crippen LogP contribution is -2.18. The average molecular weight is 287 g/mol. The summed E-state index contributed by atoms with van der Waals surface area (Å²) in [7, 11) is 0. The Hall–Kier alpha value is -2.93. The fourth-order valence-corrected chi connectivity index (χ4v) is 1.88. The number of anilines is 2. The van der Waals surface area contributed by atoms with E-state index in [-0.39, 0.29) is 17.4 Å². The van der Waals surface area contributed by atoms with E-state index in [0.717, 1.165) is 0 Å². The summed E-state index contributed by atoms with van der Waals surface area (Å²) >= 11 is 0. The van der Waals surface area contributed by atoms with Gasteiger partial charge in [-0.3, -0.25) is 10.0 Å². The van der Waals surface area contributed by atoms with E-state index in [0.29, 0.717) is 16.8 Å². The second-order valence-corrected chi connectivity index (χ2v) is 4.28. The zero-order valence-corrected chi connectivity index (χ0v) is 10.6. The van der Waals surface area contributed by atoms with Crippen LogP contribution >= 0.6 is 0 Å². The van der Waals surface area contributed by atoms with E-state index in [4.69, 9.17) is 9.62 Å². The van der Waals surface area contributed by atoms with E-state index in [1.54, 1.807) is 23.7 Å². The molecule has 0 fully saturated rings. The molecule has 0 bridgehead atoms. The standard InChI is InChI=1S/C14H10FN3O3/c15-9-2-1-3-10(7-9)16-14-17-11-6-8(13(19)18-20)4-5-12(11)21-14/h1-7,20H,(H,16,17)(H,18,19). The van der Waals surface area contributed by atoms with Gasteiger partial charge in [-0.15, -0.1) is 0 Å². The predicted molar refractivity (Wildman–Crippen MR) is 72.9 cm³/mol. The predicted octanol–water partition coefficient (Wildman–Crippen LogP) is 2.83. The Balaban J connectivity index is 1.92. The fourth-order valence-electron chi connectivity index (χ4n) is 1.88. The Morgan fingerprint density at radius 1 is 1.24 bits per heavy atom. The molecule has 0 aliphatic carbocycles. The van der Waals surface area contributed by atoms with Gasteiger partial charge in [0.05, 0.1) is 0 Å². The highest BCUT2D eigenvalue weighted by molar-refractivity contribution is 5.96. The van der Waals surface area contributed by atoms with Crippen molar-refractivity contribution in [2.45, 2.75) is 0 Å². The highest BCUT2D eigenvalue weighted by Gasteiger charge is 2.10. The van der Waals surface area contributed by atoms with Crippen molar-refractivity contribution in [3.63, 3.8) is 0 Å². The lowest BCUT2D eigenvalue weighted by molar-refractivity contribution is 0.0706. The molecule has 1 amide bonds. The number of hydrogen-bond acceptors (Lipinski definition) is 5. The first-order valence-corrected chi connectivity index (χ1v) is 6.03. The number of oxazole rings is 1. The number of amides is 1. The van der Waals surface area contributed by atoms with Crippen LogP contribution in [0.1, 0.15) is 10.4 Å². The van der Waals surface area contributed by atoms with Crippen molar-refractivity contribution in [2.75, 3.05) is 5.32 Å². The summed E-state index contributed by atoms with van der Waals surface area (Å²) in [4.78, 5) is 15.5. The SMILES string of the molecule is O=C(NO)c1ccc2oc(Nc3cccc(F)c3)nc2c1. The summed E-state index contributed by atoms with van der Waals surface area (Å²) in [5.41, 5.74) is 3.19. The smallest absolute Gasteiger partial charge is 0.300 e. The molecular formula is C14H10FN3O3. The first-order valence-electron chi connectivity index (χ1n) is 6.03. The normalized spacial score (nSPS) is 10.6. The summed E-state index contributed by atoms with van der Waals surface area (Å²) in [6.45, 7) is 0. The molecule has 0 aliphatic heterocycles. The fraction of sp³-hybridized carbons (Fsp3) is 0. The Labute approximate surface area is 118 Å². The third-order valence-electron chi connectivity index (χ3n) is 2.83. The van der Waals surface area contributed by atoms with Crippen LogP contribution in [0, 0.1) is 5.82 Å². The van der Waals surface area contributed by atoms with Crippen LogP contribution in [0.2, 0.25) is 0 Å². The van der Waals surface area contributed by atoms with Crippen molar-refractivity contribution in [1.82, 2.24) is 10.5 Å². The van der Waals surface area contributed by atoms with E-state index >= 15 is 0 Å². The average Bonchev–Trinajstić information content (AvgIpc) is 2.87. The van der Waals surface area contributed by atoms with Gasteiger partial charge in [0.25, 0.3) is 11.9 Å². The molecule has 2 aromatic carbocycles. The molecule has 106 valence electrons.